The molecule has 8 heteroatoms. The predicted octanol–water partition coefficient (Wildman–Crippen LogP) is -0.401. The molecule has 1 saturated carbocycles. The molecule has 0 aromatic carbocycles. The van der Waals surface area contributed by atoms with Crippen LogP contribution in [0.1, 0.15) is 12.8 Å². The summed E-state index contributed by atoms with van der Waals surface area (Å²) in [5.74, 6) is 0. The molecule has 0 spiro atoms. The molecule has 15 heavy (non-hydrogen) atoms. The smallest absolute Gasteiger partial charge is 0.257 e. The average Bonchev–Trinajstić information content (AvgIpc) is 2.52. The second-order valence-electron chi connectivity index (χ2n) is 3.47. The zero-order chi connectivity index (χ0) is 10.2. The van der Waals surface area contributed by atoms with E-state index in [2.05, 4.69) is 14.7 Å². The van der Waals surface area contributed by atoms with Crippen LogP contribution < -0.4 is 10.5 Å². The van der Waals surface area contributed by atoms with Gasteiger partial charge in [0.2, 0.25) is 0 Å². The average molecular weight is 253 g/mol. The van der Waals surface area contributed by atoms with E-state index in [1.165, 1.54) is 12.5 Å². The maximum Gasteiger partial charge on any atom is 0.257 e. The summed E-state index contributed by atoms with van der Waals surface area (Å²) in [5, 5.41) is 0.0953. The van der Waals surface area contributed by atoms with Crippen LogP contribution in [0.4, 0.5) is 0 Å². The minimum absolute atomic E-state index is 0. The van der Waals surface area contributed by atoms with Crippen molar-refractivity contribution in [3.8, 4) is 0 Å². The Kier molecular flexibility index (Phi) is 3.72. The Morgan fingerprint density at radius 3 is 2.67 bits per heavy atom. The number of hydrogen-bond donors (Lipinski definition) is 3. The predicted molar refractivity (Wildman–Crippen MR) is 57.2 cm³/mol. The van der Waals surface area contributed by atoms with Crippen LogP contribution in [0.2, 0.25) is 0 Å². The van der Waals surface area contributed by atoms with Crippen LogP contribution in [0.5, 0.6) is 0 Å². The van der Waals surface area contributed by atoms with E-state index in [4.69, 9.17) is 5.73 Å². The number of nitrogens with one attached hydrogen (secondary N) is 2. The standard InChI is InChI=1S/C7H12N4O2S.ClH/c8-5-1-6(2-5)11-14(12,13)7-3-9-4-10-7;/h3-6,11H,1-2,8H2,(H,9,10);1H. The van der Waals surface area contributed by atoms with Gasteiger partial charge in [0.05, 0.1) is 12.5 Å². The summed E-state index contributed by atoms with van der Waals surface area (Å²) in [6, 6.07) is 0.0998. The first-order chi connectivity index (χ1) is 6.58. The van der Waals surface area contributed by atoms with Crippen LogP contribution in [0.15, 0.2) is 17.6 Å². The van der Waals surface area contributed by atoms with Gasteiger partial charge in [0, 0.05) is 12.1 Å². The monoisotopic (exact) mass is 252 g/mol. The maximum absolute atomic E-state index is 11.6. The number of aromatic nitrogens is 2. The highest BCUT2D eigenvalue weighted by Gasteiger charge is 2.30. The number of H-pyrrole nitrogens is 1. The maximum atomic E-state index is 11.6. The van der Waals surface area contributed by atoms with Gasteiger partial charge in [0.25, 0.3) is 10.0 Å². The summed E-state index contributed by atoms with van der Waals surface area (Å²) < 4.78 is 25.7. The highest BCUT2D eigenvalue weighted by Crippen LogP contribution is 2.19. The number of nitrogens with zero attached hydrogens (tertiary/aromatic N) is 1. The molecule has 0 bridgehead atoms. The molecule has 6 nitrogen and oxygen atoms in total. The lowest BCUT2D eigenvalue weighted by Crippen LogP contribution is -2.50. The van der Waals surface area contributed by atoms with Crippen LogP contribution in [0, 0.1) is 0 Å². The van der Waals surface area contributed by atoms with Gasteiger partial charge in [0.15, 0.2) is 5.03 Å². The third kappa shape index (κ3) is 2.69. The molecule has 1 aliphatic carbocycles. The quantitative estimate of drug-likeness (QED) is 0.681. The van der Waals surface area contributed by atoms with Crippen molar-refractivity contribution in [2.24, 2.45) is 5.73 Å². The first-order valence-electron chi connectivity index (χ1n) is 4.34. The minimum Gasteiger partial charge on any atom is -0.335 e. The summed E-state index contributed by atoms with van der Waals surface area (Å²) in [5.41, 5.74) is 5.55. The molecule has 1 heterocycles. The Hall–Kier alpha value is -0.630. The molecular formula is C7H13ClN4O2S. The van der Waals surface area contributed by atoms with Crippen molar-refractivity contribution in [1.29, 1.82) is 0 Å². The van der Waals surface area contributed by atoms with E-state index in [1.54, 1.807) is 0 Å². The van der Waals surface area contributed by atoms with Crippen molar-refractivity contribution in [2.45, 2.75) is 30.0 Å². The molecule has 0 amide bonds. The lowest BCUT2D eigenvalue weighted by molar-refractivity contribution is 0.327. The van der Waals surface area contributed by atoms with Crippen LogP contribution in [-0.2, 0) is 10.0 Å². The number of aromatic amines is 1. The van der Waals surface area contributed by atoms with Gasteiger partial charge in [-0.1, -0.05) is 0 Å². The Morgan fingerprint density at radius 2 is 2.20 bits per heavy atom. The normalized spacial score (nSPS) is 25.4. The highest BCUT2D eigenvalue weighted by atomic mass is 35.5. The first-order valence-corrected chi connectivity index (χ1v) is 5.82. The topological polar surface area (TPSA) is 101 Å². The first kappa shape index (κ1) is 12.4. The lowest BCUT2D eigenvalue weighted by Gasteiger charge is -2.32. The van der Waals surface area contributed by atoms with Crippen molar-refractivity contribution in [2.75, 3.05) is 0 Å². The van der Waals surface area contributed by atoms with Crippen LogP contribution in [-0.4, -0.2) is 30.5 Å². The second kappa shape index (κ2) is 4.48. The van der Waals surface area contributed by atoms with Gasteiger partial charge in [-0.05, 0) is 12.8 Å². The number of nitrogens with two attached hydrogens (primary N) is 1. The fraction of sp³-hybridized carbons (Fsp3) is 0.571. The summed E-state index contributed by atoms with van der Waals surface area (Å²) in [6.07, 6.45) is 4.02. The number of hydrogen-bond acceptors (Lipinski definition) is 4. The molecule has 2 rings (SSSR count). The van der Waals surface area contributed by atoms with E-state index in [0.29, 0.717) is 12.8 Å². The molecule has 1 fully saturated rings. The molecule has 86 valence electrons. The summed E-state index contributed by atoms with van der Waals surface area (Å²) in [7, 11) is -3.42. The molecule has 1 aromatic heterocycles. The Labute approximate surface area is 94.1 Å². The zero-order valence-corrected chi connectivity index (χ0v) is 9.51. The molecule has 0 unspecified atom stereocenters. The molecule has 0 atom stereocenters. The van der Waals surface area contributed by atoms with Gasteiger partial charge in [-0.15, -0.1) is 12.4 Å². The number of sulfonamides is 1. The number of halogens is 1. The lowest BCUT2D eigenvalue weighted by atomic mass is 9.89. The van der Waals surface area contributed by atoms with Crippen molar-refractivity contribution in [3.63, 3.8) is 0 Å². The second-order valence-corrected chi connectivity index (χ2v) is 5.15. The van der Waals surface area contributed by atoms with Crippen LogP contribution >= 0.6 is 12.4 Å². The summed E-state index contributed by atoms with van der Waals surface area (Å²) in [6.45, 7) is 0. The molecular weight excluding hydrogens is 240 g/mol. The molecule has 4 N–H and O–H groups in total. The molecule has 1 aromatic rings. The van der Waals surface area contributed by atoms with Gasteiger partial charge in [-0.3, -0.25) is 0 Å². The molecule has 0 aliphatic heterocycles. The van der Waals surface area contributed by atoms with E-state index < -0.39 is 10.0 Å². The minimum atomic E-state index is -3.42. The fourth-order valence-corrected chi connectivity index (χ4v) is 2.60. The number of rotatable bonds is 3. The third-order valence-electron chi connectivity index (χ3n) is 2.26. The van der Waals surface area contributed by atoms with Crippen molar-refractivity contribution in [3.05, 3.63) is 12.5 Å². The molecule has 0 radical (unpaired) electrons. The molecule has 1 aliphatic rings. The summed E-state index contributed by atoms with van der Waals surface area (Å²) in [4.78, 5) is 6.20. The van der Waals surface area contributed by atoms with Gasteiger partial charge < -0.3 is 10.7 Å². The van der Waals surface area contributed by atoms with E-state index in [1.807, 2.05) is 0 Å². The Morgan fingerprint density at radius 1 is 1.53 bits per heavy atom. The van der Waals surface area contributed by atoms with Crippen molar-refractivity contribution in [1.82, 2.24) is 14.7 Å². The van der Waals surface area contributed by atoms with Gasteiger partial charge >= 0.3 is 0 Å². The largest absolute Gasteiger partial charge is 0.335 e. The fourth-order valence-electron chi connectivity index (χ4n) is 1.43. The van der Waals surface area contributed by atoms with Gasteiger partial charge in [-0.25, -0.2) is 18.1 Å². The van der Waals surface area contributed by atoms with E-state index >= 15 is 0 Å². The Balaban J connectivity index is 0.00000112. The summed E-state index contributed by atoms with van der Waals surface area (Å²) >= 11 is 0. The van der Waals surface area contributed by atoms with Crippen molar-refractivity contribution < 1.29 is 8.42 Å². The van der Waals surface area contributed by atoms with Gasteiger partial charge in [-0.2, -0.15) is 0 Å². The third-order valence-corrected chi connectivity index (χ3v) is 3.70. The van der Waals surface area contributed by atoms with Crippen LogP contribution in [0.25, 0.3) is 0 Å². The number of imidazole rings is 1. The SMILES string of the molecule is Cl.NC1CC(NS(=O)(=O)c2cnc[nH]2)C1. The molecule has 0 saturated heterocycles. The van der Waals surface area contributed by atoms with Crippen molar-refractivity contribution >= 4 is 22.4 Å². The Bertz CT molecular complexity index is 399. The zero-order valence-electron chi connectivity index (χ0n) is 7.88. The highest BCUT2D eigenvalue weighted by molar-refractivity contribution is 7.89. The van der Waals surface area contributed by atoms with E-state index in [-0.39, 0.29) is 29.5 Å². The van der Waals surface area contributed by atoms with E-state index in [9.17, 15) is 8.42 Å². The van der Waals surface area contributed by atoms with Crippen LogP contribution in [0.3, 0.4) is 0 Å². The van der Waals surface area contributed by atoms with E-state index in [0.717, 1.165) is 0 Å². The van der Waals surface area contributed by atoms with Gasteiger partial charge in [0.1, 0.15) is 0 Å².